The van der Waals surface area contributed by atoms with Gasteiger partial charge in [-0.1, -0.05) is 91.0 Å². The molecule has 4 aromatic carbocycles. The summed E-state index contributed by atoms with van der Waals surface area (Å²) in [5, 5.41) is 14.1. The minimum atomic E-state index is -1.19. The van der Waals surface area contributed by atoms with Gasteiger partial charge in [-0.25, -0.2) is 0 Å². The molecule has 0 aliphatic rings. The first kappa shape index (κ1) is 40.1. The first-order chi connectivity index (χ1) is 26.5. The lowest BCUT2D eigenvalue weighted by Crippen LogP contribution is -2.59. The molecule has 5 aromatic rings. The number of hydrogen-bond donors (Lipinski definition) is 8. The Balaban J connectivity index is 1.44. The fourth-order valence-electron chi connectivity index (χ4n) is 6.50. The Bertz CT molecular complexity index is 2100. The standard InChI is InChI=1S/C42H50N8O5/c1-26(44)39(52)48-36(23-28-18-19-29-13-5-6-14-30(29)21-28)41(54)50-37(24-31-25-46-33-16-8-7-15-32(31)33)42(55)49-35(22-27-11-3-2-4-12-27)40(53)47-34(38(45)51)17-9-10-20-43/h2-8,11-16,18-19,21,25-26,34-37,46H,9-10,17,20,22-24,43-44H2,1H3,(H2,45,51)(H,47,53)(H,48,52)(H,49,55)(H,50,54)/t26-,34+,35-,36-,37+/m1/s1. The molecular formula is C42H50N8O5. The number of nitrogens with one attached hydrogen (secondary N) is 5. The summed E-state index contributed by atoms with van der Waals surface area (Å²) in [5.41, 5.74) is 20.3. The van der Waals surface area contributed by atoms with E-state index in [2.05, 4.69) is 26.3 Å². The molecule has 0 bridgehead atoms. The van der Waals surface area contributed by atoms with Crippen LogP contribution in [0.4, 0.5) is 0 Å². The summed E-state index contributed by atoms with van der Waals surface area (Å²) >= 11 is 0. The minimum Gasteiger partial charge on any atom is -0.368 e. The van der Waals surface area contributed by atoms with Gasteiger partial charge < -0.3 is 43.5 Å². The van der Waals surface area contributed by atoms with Crippen LogP contribution < -0.4 is 38.5 Å². The maximum absolute atomic E-state index is 14.4. The number of benzene rings is 4. The molecule has 0 radical (unpaired) electrons. The number of nitrogens with two attached hydrogens (primary N) is 3. The summed E-state index contributed by atoms with van der Waals surface area (Å²) in [4.78, 5) is 70.9. The number of carbonyl (C=O) groups is 5. The second-order valence-electron chi connectivity index (χ2n) is 13.9. The molecule has 13 nitrogen and oxygen atoms in total. The van der Waals surface area contributed by atoms with E-state index in [-0.39, 0.29) is 25.7 Å². The normalized spacial score (nSPS) is 13.9. The van der Waals surface area contributed by atoms with Crippen molar-refractivity contribution in [2.75, 3.05) is 6.54 Å². The molecule has 0 saturated heterocycles. The van der Waals surface area contributed by atoms with Crippen LogP contribution in [0.25, 0.3) is 21.7 Å². The van der Waals surface area contributed by atoms with Crippen LogP contribution in [-0.4, -0.2) is 71.3 Å². The number of rotatable bonds is 19. The second kappa shape index (κ2) is 19.3. The monoisotopic (exact) mass is 746 g/mol. The Morgan fingerprint density at radius 3 is 1.84 bits per heavy atom. The quantitative estimate of drug-likeness (QED) is 0.0588. The van der Waals surface area contributed by atoms with Gasteiger partial charge in [-0.15, -0.1) is 0 Å². The molecule has 0 unspecified atom stereocenters. The molecule has 1 aromatic heterocycles. The van der Waals surface area contributed by atoms with Crippen LogP contribution in [-0.2, 0) is 43.2 Å². The van der Waals surface area contributed by atoms with Crippen LogP contribution in [0.1, 0.15) is 42.9 Å². The number of para-hydroxylation sites is 1. The Morgan fingerprint density at radius 2 is 1.18 bits per heavy atom. The highest BCUT2D eigenvalue weighted by molar-refractivity contribution is 5.96. The fourth-order valence-corrected chi connectivity index (χ4v) is 6.50. The van der Waals surface area contributed by atoms with E-state index in [1.54, 1.807) is 6.20 Å². The second-order valence-corrected chi connectivity index (χ2v) is 13.9. The highest BCUT2D eigenvalue weighted by Crippen LogP contribution is 2.20. The Hall–Kier alpha value is -6.05. The predicted octanol–water partition coefficient (Wildman–Crippen LogP) is 2.25. The molecule has 55 heavy (non-hydrogen) atoms. The number of fused-ring (bicyclic) bond motifs is 2. The first-order valence-corrected chi connectivity index (χ1v) is 18.6. The van der Waals surface area contributed by atoms with Gasteiger partial charge in [-0.05, 0) is 66.3 Å². The Labute approximate surface area is 320 Å². The summed E-state index contributed by atoms with van der Waals surface area (Å²) in [6.07, 6.45) is 3.53. The van der Waals surface area contributed by atoms with E-state index in [1.165, 1.54) is 6.92 Å². The zero-order valence-corrected chi connectivity index (χ0v) is 30.9. The van der Waals surface area contributed by atoms with E-state index >= 15 is 0 Å². The smallest absolute Gasteiger partial charge is 0.243 e. The molecule has 0 spiro atoms. The van der Waals surface area contributed by atoms with Gasteiger partial charge in [0.1, 0.15) is 24.2 Å². The highest BCUT2D eigenvalue weighted by atomic mass is 16.2. The minimum absolute atomic E-state index is 0.0498. The van der Waals surface area contributed by atoms with Crippen LogP contribution in [0.5, 0.6) is 0 Å². The van der Waals surface area contributed by atoms with Crippen LogP contribution in [0, 0.1) is 0 Å². The number of aromatic amines is 1. The zero-order chi connectivity index (χ0) is 39.3. The molecule has 11 N–H and O–H groups in total. The van der Waals surface area contributed by atoms with E-state index in [0.717, 1.165) is 38.4 Å². The SMILES string of the molecule is C[C@@H](N)C(=O)N[C@H](Cc1ccc2ccccc2c1)C(=O)N[C@@H](Cc1c[nH]c2ccccc12)C(=O)N[C@H](Cc1ccccc1)C(=O)N[C@@H](CCCCN)C(N)=O. The van der Waals surface area contributed by atoms with E-state index < -0.39 is 59.7 Å². The number of H-pyrrole nitrogens is 1. The summed E-state index contributed by atoms with van der Waals surface area (Å²) in [5.74, 6) is -3.10. The Morgan fingerprint density at radius 1 is 0.618 bits per heavy atom. The lowest BCUT2D eigenvalue weighted by Gasteiger charge is -2.27. The maximum Gasteiger partial charge on any atom is 0.243 e. The van der Waals surface area contributed by atoms with Crippen molar-refractivity contribution in [2.24, 2.45) is 17.2 Å². The third-order valence-corrected chi connectivity index (χ3v) is 9.55. The predicted molar refractivity (Wildman–Crippen MR) is 213 cm³/mol. The van der Waals surface area contributed by atoms with Gasteiger partial charge in [0.05, 0.1) is 6.04 Å². The lowest BCUT2D eigenvalue weighted by molar-refractivity contribution is -0.134. The van der Waals surface area contributed by atoms with Crippen LogP contribution in [0.15, 0.2) is 103 Å². The third kappa shape index (κ3) is 11.2. The molecule has 288 valence electrons. The largest absolute Gasteiger partial charge is 0.368 e. The lowest BCUT2D eigenvalue weighted by atomic mass is 9.99. The molecule has 5 atom stereocenters. The number of unbranched alkanes of at least 4 members (excludes halogenated alkanes) is 1. The van der Waals surface area contributed by atoms with Crippen molar-refractivity contribution in [1.82, 2.24) is 26.3 Å². The molecule has 5 rings (SSSR count). The average molecular weight is 747 g/mol. The molecule has 0 aliphatic carbocycles. The molecule has 1 heterocycles. The molecule has 13 heteroatoms. The zero-order valence-electron chi connectivity index (χ0n) is 30.9. The van der Waals surface area contributed by atoms with Gasteiger partial charge in [0.2, 0.25) is 29.5 Å². The summed E-state index contributed by atoms with van der Waals surface area (Å²) < 4.78 is 0. The van der Waals surface area contributed by atoms with E-state index in [0.29, 0.717) is 19.4 Å². The summed E-state index contributed by atoms with van der Waals surface area (Å²) in [7, 11) is 0. The maximum atomic E-state index is 14.4. The van der Waals surface area contributed by atoms with Gasteiger partial charge in [0.25, 0.3) is 0 Å². The number of amides is 5. The van der Waals surface area contributed by atoms with Crippen LogP contribution in [0.3, 0.4) is 0 Å². The van der Waals surface area contributed by atoms with Crippen molar-refractivity contribution >= 4 is 51.2 Å². The van der Waals surface area contributed by atoms with Gasteiger partial charge in [-0.2, -0.15) is 0 Å². The van der Waals surface area contributed by atoms with Gasteiger partial charge >= 0.3 is 0 Å². The van der Waals surface area contributed by atoms with Gasteiger partial charge in [0, 0.05) is 36.4 Å². The van der Waals surface area contributed by atoms with Crippen molar-refractivity contribution in [3.05, 3.63) is 120 Å². The fraction of sp³-hybridized carbons (Fsp3) is 0.310. The summed E-state index contributed by atoms with van der Waals surface area (Å²) in [6.45, 7) is 1.94. The molecule has 0 saturated carbocycles. The molecule has 0 aliphatic heterocycles. The number of aromatic nitrogens is 1. The van der Waals surface area contributed by atoms with E-state index in [4.69, 9.17) is 17.2 Å². The van der Waals surface area contributed by atoms with Crippen molar-refractivity contribution in [3.63, 3.8) is 0 Å². The van der Waals surface area contributed by atoms with Gasteiger partial charge in [0.15, 0.2) is 0 Å². The van der Waals surface area contributed by atoms with Crippen molar-refractivity contribution in [2.45, 2.75) is 75.7 Å². The van der Waals surface area contributed by atoms with Crippen LogP contribution >= 0.6 is 0 Å². The van der Waals surface area contributed by atoms with Gasteiger partial charge in [-0.3, -0.25) is 24.0 Å². The highest BCUT2D eigenvalue weighted by Gasteiger charge is 2.32. The van der Waals surface area contributed by atoms with Crippen molar-refractivity contribution in [3.8, 4) is 0 Å². The van der Waals surface area contributed by atoms with E-state index in [1.807, 2.05) is 97.1 Å². The number of hydrogen-bond acceptors (Lipinski definition) is 7. The van der Waals surface area contributed by atoms with Crippen LogP contribution in [0.2, 0.25) is 0 Å². The number of primary amides is 1. The van der Waals surface area contributed by atoms with Crippen molar-refractivity contribution < 1.29 is 24.0 Å². The summed E-state index contributed by atoms with van der Waals surface area (Å²) in [6, 6.07) is 25.0. The molecular weight excluding hydrogens is 697 g/mol. The van der Waals surface area contributed by atoms with E-state index in [9.17, 15) is 24.0 Å². The molecule has 0 fully saturated rings. The number of carbonyl (C=O) groups excluding carboxylic acids is 5. The average Bonchev–Trinajstić information content (AvgIpc) is 3.59. The van der Waals surface area contributed by atoms with Crippen molar-refractivity contribution in [1.29, 1.82) is 0 Å². The topological polar surface area (TPSA) is 227 Å². The molecule has 5 amide bonds. The first-order valence-electron chi connectivity index (χ1n) is 18.6. The third-order valence-electron chi connectivity index (χ3n) is 9.55. The Kier molecular flexibility index (Phi) is 14.1.